The zero-order valence-electron chi connectivity index (χ0n) is 7.73. The monoisotopic (exact) mass is 239 g/mol. The van der Waals surface area contributed by atoms with Gasteiger partial charge in [-0.15, -0.1) is 0 Å². The molecule has 1 unspecified atom stereocenters. The minimum atomic E-state index is -4.64. The molecule has 0 aromatic rings. The number of carbonyl (C=O) groups excluding carboxylic acids is 2. The molecule has 0 heterocycles. The summed E-state index contributed by atoms with van der Waals surface area (Å²) in [6.45, 7) is 4.61. The van der Waals surface area contributed by atoms with Crippen molar-refractivity contribution >= 4 is 19.9 Å². The highest BCUT2D eigenvalue weighted by Crippen LogP contribution is 2.25. The molecule has 0 amide bonds. The van der Waals surface area contributed by atoms with Crippen LogP contribution in [0.15, 0.2) is 17.6 Å². The third-order valence-corrected chi connectivity index (χ3v) is 0.688. The largest absolute Gasteiger partial charge is 0.466 e. The van der Waals surface area contributed by atoms with Crippen LogP contribution in [0.1, 0.15) is 6.92 Å². The smallest absolute Gasteiger partial charge is 0.436 e. The van der Waals surface area contributed by atoms with Gasteiger partial charge in [0.1, 0.15) is 0 Å². The fraction of sp³-hybridized carbons (Fsp3) is 0.333. The maximum Gasteiger partial charge on any atom is 0.466 e. The van der Waals surface area contributed by atoms with Crippen molar-refractivity contribution in [3.8, 4) is 0 Å². The van der Waals surface area contributed by atoms with Crippen LogP contribution in [-0.4, -0.2) is 33.0 Å². The van der Waals surface area contributed by atoms with E-state index in [1.54, 1.807) is 0 Å². The molecule has 0 rings (SSSR count). The van der Waals surface area contributed by atoms with Gasteiger partial charge in [0.05, 0.1) is 0 Å². The highest BCUT2D eigenvalue weighted by molar-refractivity contribution is 7.45. The Bertz CT molecular complexity index is 294. The van der Waals surface area contributed by atoms with Crippen molar-refractivity contribution in [1.82, 2.24) is 0 Å². The van der Waals surface area contributed by atoms with E-state index in [1.807, 2.05) is 0 Å². The van der Waals surface area contributed by atoms with E-state index in [2.05, 4.69) is 16.3 Å². The van der Waals surface area contributed by atoms with Gasteiger partial charge < -0.3 is 19.4 Å². The Morgan fingerprint density at radius 3 is 2.27 bits per heavy atom. The molecule has 0 radical (unpaired) electrons. The van der Waals surface area contributed by atoms with Crippen LogP contribution < -0.4 is 0 Å². The zero-order valence-corrected chi connectivity index (χ0v) is 8.63. The van der Waals surface area contributed by atoms with Gasteiger partial charge in [0, 0.05) is 6.08 Å². The summed E-state index contributed by atoms with van der Waals surface area (Å²) in [7, 11) is -4.64. The molecule has 9 heteroatoms. The molecular weight excluding hydrogens is 229 g/mol. The molecule has 0 saturated heterocycles. The van der Waals surface area contributed by atoms with Crippen molar-refractivity contribution < 1.29 is 33.6 Å². The van der Waals surface area contributed by atoms with Crippen LogP contribution in [0, 0.1) is 0 Å². The lowest BCUT2D eigenvalue weighted by atomic mass is 10.6. The number of aliphatic imine (C=N–C) groups is 1. The molecule has 86 valence electrons. The third kappa shape index (κ3) is 24.5. The summed E-state index contributed by atoms with van der Waals surface area (Å²) in [4.78, 5) is 44.6. The number of hydrogen-bond donors (Lipinski definition) is 3. The first-order valence-electron chi connectivity index (χ1n) is 3.39. The van der Waals surface area contributed by atoms with Crippen LogP contribution in [0.2, 0.25) is 0 Å². The summed E-state index contributed by atoms with van der Waals surface area (Å²) in [6.07, 6.45) is 1.48. The van der Waals surface area contributed by atoms with Gasteiger partial charge in [-0.05, 0) is 6.92 Å². The summed E-state index contributed by atoms with van der Waals surface area (Å²) < 4.78 is 13.3. The summed E-state index contributed by atoms with van der Waals surface area (Å²) in [5.41, 5.74) is 0. The van der Waals surface area contributed by atoms with E-state index in [0.717, 1.165) is 6.08 Å². The Labute approximate surface area is 85.1 Å². The van der Waals surface area contributed by atoms with Gasteiger partial charge in [0.15, 0.2) is 0 Å². The van der Waals surface area contributed by atoms with Gasteiger partial charge in [0.25, 0.3) is 0 Å². The molecule has 0 aliphatic carbocycles. The number of rotatable bonds is 3. The molecule has 0 aliphatic heterocycles. The minimum absolute atomic E-state index is 0.605. The van der Waals surface area contributed by atoms with Crippen molar-refractivity contribution in [2.45, 2.75) is 13.2 Å². The van der Waals surface area contributed by atoms with Crippen molar-refractivity contribution in [2.24, 2.45) is 4.99 Å². The SMILES string of the molecule is C=CC(=O)OC(C)N=C=O.O=P(O)(O)O. The number of phosphoric acid groups is 1. The molecular formula is C6H10NO7P. The summed E-state index contributed by atoms with van der Waals surface area (Å²) in [5.74, 6) is -0.605. The third-order valence-electron chi connectivity index (χ3n) is 0.688. The van der Waals surface area contributed by atoms with Crippen LogP contribution >= 0.6 is 7.82 Å². The van der Waals surface area contributed by atoms with Gasteiger partial charge in [0.2, 0.25) is 12.3 Å². The lowest BCUT2D eigenvalue weighted by Crippen LogP contribution is -2.09. The molecule has 15 heavy (non-hydrogen) atoms. The molecule has 1 atom stereocenters. The topological polar surface area (TPSA) is 133 Å². The lowest BCUT2D eigenvalue weighted by molar-refractivity contribution is -0.141. The fourth-order valence-electron chi connectivity index (χ4n) is 0.317. The highest BCUT2D eigenvalue weighted by atomic mass is 31.2. The van der Waals surface area contributed by atoms with E-state index in [4.69, 9.17) is 19.2 Å². The molecule has 8 nitrogen and oxygen atoms in total. The quantitative estimate of drug-likeness (QED) is 0.198. The predicted octanol–water partition coefficient (Wildman–Crippen LogP) is -0.531. The Morgan fingerprint density at radius 1 is 1.60 bits per heavy atom. The second kappa shape index (κ2) is 8.05. The number of isocyanates is 1. The fourth-order valence-corrected chi connectivity index (χ4v) is 0.317. The number of nitrogens with zero attached hydrogens (tertiary/aromatic N) is 1. The molecule has 0 saturated carbocycles. The van der Waals surface area contributed by atoms with E-state index in [0.29, 0.717) is 0 Å². The van der Waals surface area contributed by atoms with E-state index in [9.17, 15) is 9.59 Å². The summed E-state index contributed by atoms with van der Waals surface area (Å²) in [5, 5.41) is 0. The van der Waals surface area contributed by atoms with E-state index in [1.165, 1.54) is 13.0 Å². The van der Waals surface area contributed by atoms with Gasteiger partial charge in [-0.1, -0.05) is 6.58 Å². The normalized spacial score (nSPS) is 11.2. The molecule has 0 fully saturated rings. The van der Waals surface area contributed by atoms with Crippen molar-refractivity contribution in [3.63, 3.8) is 0 Å². The van der Waals surface area contributed by atoms with Gasteiger partial charge in [-0.25, -0.2) is 14.2 Å². The first kappa shape index (κ1) is 16.1. The van der Waals surface area contributed by atoms with Crippen molar-refractivity contribution in [1.29, 1.82) is 0 Å². The summed E-state index contributed by atoms with van der Waals surface area (Å²) in [6, 6.07) is 0. The minimum Gasteiger partial charge on any atom is -0.436 e. The summed E-state index contributed by atoms with van der Waals surface area (Å²) >= 11 is 0. The molecule has 0 aliphatic rings. The Morgan fingerprint density at radius 2 is 2.00 bits per heavy atom. The molecule has 0 aromatic heterocycles. The van der Waals surface area contributed by atoms with Gasteiger partial charge >= 0.3 is 13.8 Å². The number of hydrogen-bond acceptors (Lipinski definition) is 5. The number of ether oxygens (including phenoxy) is 1. The van der Waals surface area contributed by atoms with Gasteiger partial charge in [-0.2, -0.15) is 4.99 Å². The Kier molecular flexibility index (Phi) is 8.66. The number of esters is 1. The second-order valence-corrected chi connectivity index (χ2v) is 3.00. The van der Waals surface area contributed by atoms with E-state index in [-0.39, 0.29) is 0 Å². The zero-order chi connectivity index (χ0) is 12.5. The van der Waals surface area contributed by atoms with Gasteiger partial charge in [-0.3, -0.25) is 0 Å². The van der Waals surface area contributed by atoms with Crippen LogP contribution in [0.25, 0.3) is 0 Å². The standard InChI is InChI=1S/C6H7NO3.H3O4P/c1-3-6(9)10-5(2)7-4-8;1-5(2,3)4/h3,5H,1H2,2H3;(H3,1,2,3,4). The van der Waals surface area contributed by atoms with Crippen LogP contribution in [0.4, 0.5) is 0 Å². The lowest BCUT2D eigenvalue weighted by Gasteiger charge is -2.01. The second-order valence-electron chi connectivity index (χ2n) is 1.97. The maximum absolute atomic E-state index is 10.4. The average Bonchev–Trinajstić information content (AvgIpc) is 2.01. The predicted molar refractivity (Wildman–Crippen MR) is 48.1 cm³/mol. The van der Waals surface area contributed by atoms with Crippen molar-refractivity contribution in [2.75, 3.05) is 0 Å². The maximum atomic E-state index is 10.4. The van der Waals surface area contributed by atoms with E-state index >= 15 is 0 Å². The highest BCUT2D eigenvalue weighted by Gasteiger charge is 2.01. The average molecular weight is 239 g/mol. The van der Waals surface area contributed by atoms with Crippen LogP contribution in [0.5, 0.6) is 0 Å². The Hall–Kier alpha value is -1.30. The van der Waals surface area contributed by atoms with Crippen LogP contribution in [0.3, 0.4) is 0 Å². The number of carbonyl (C=O) groups is 1. The van der Waals surface area contributed by atoms with Crippen LogP contribution in [-0.2, 0) is 18.9 Å². The van der Waals surface area contributed by atoms with E-state index < -0.39 is 20.0 Å². The molecule has 3 N–H and O–H groups in total. The molecule has 0 aromatic carbocycles. The Balaban J connectivity index is 0. The molecule has 0 spiro atoms. The molecule has 0 bridgehead atoms. The first-order valence-corrected chi connectivity index (χ1v) is 4.95. The first-order chi connectivity index (χ1) is 6.70. The van der Waals surface area contributed by atoms with Crippen molar-refractivity contribution in [3.05, 3.63) is 12.7 Å².